The highest BCUT2D eigenvalue weighted by Crippen LogP contribution is 2.16. The fourth-order valence-electron chi connectivity index (χ4n) is 2.06. The second kappa shape index (κ2) is 7.21. The topological polar surface area (TPSA) is 50.8 Å². The third-order valence-corrected chi connectivity index (χ3v) is 3.04. The van der Waals surface area contributed by atoms with Crippen LogP contribution in [0.3, 0.4) is 0 Å². The van der Waals surface area contributed by atoms with Crippen molar-refractivity contribution in [1.82, 2.24) is 10.2 Å². The Balaban J connectivity index is 1.90. The van der Waals surface area contributed by atoms with E-state index in [-0.39, 0.29) is 18.3 Å². The van der Waals surface area contributed by atoms with Crippen LogP contribution in [0.4, 0.5) is 4.39 Å². The summed E-state index contributed by atoms with van der Waals surface area (Å²) in [6.45, 7) is 2.73. The van der Waals surface area contributed by atoms with E-state index in [0.717, 1.165) is 5.56 Å². The van der Waals surface area contributed by atoms with Gasteiger partial charge in [0.1, 0.15) is 11.6 Å². The van der Waals surface area contributed by atoms with E-state index in [4.69, 9.17) is 9.47 Å². The molecule has 0 atom stereocenters. The van der Waals surface area contributed by atoms with Crippen LogP contribution in [0, 0.1) is 5.82 Å². The first-order valence-corrected chi connectivity index (χ1v) is 6.61. The molecule has 110 valence electrons. The molecule has 0 saturated carbocycles. The Morgan fingerprint density at radius 1 is 1.40 bits per heavy atom. The minimum Gasteiger partial charge on any atom is -0.484 e. The first-order chi connectivity index (χ1) is 9.69. The van der Waals surface area contributed by atoms with E-state index < -0.39 is 0 Å². The van der Waals surface area contributed by atoms with Gasteiger partial charge < -0.3 is 19.7 Å². The van der Waals surface area contributed by atoms with Gasteiger partial charge in [-0.2, -0.15) is 0 Å². The zero-order valence-corrected chi connectivity index (χ0v) is 11.5. The largest absolute Gasteiger partial charge is 0.484 e. The molecule has 0 aliphatic carbocycles. The molecule has 1 N–H and O–H groups in total. The predicted molar refractivity (Wildman–Crippen MR) is 72.1 cm³/mol. The lowest BCUT2D eigenvalue weighted by Crippen LogP contribution is -2.42. The zero-order chi connectivity index (χ0) is 14.4. The number of ether oxygens (including phenoxy) is 2. The van der Waals surface area contributed by atoms with E-state index in [1.165, 1.54) is 12.1 Å². The van der Waals surface area contributed by atoms with Gasteiger partial charge in [0.25, 0.3) is 5.91 Å². The van der Waals surface area contributed by atoms with Crippen LogP contribution in [-0.2, 0) is 16.1 Å². The van der Waals surface area contributed by atoms with E-state index in [2.05, 4.69) is 5.32 Å². The van der Waals surface area contributed by atoms with Gasteiger partial charge in [-0.05, 0) is 24.7 Å². The molecule has 0 unspecified atom stereocenters. The fraction of sp³-hybridized carbons (Fsp3) is 0.500. The maximum Gasteiger partial charge on any atom is 0.260 e. The summed E-state index contributed by atoms with van der Waals surface area (Å²) in [7, 11) is 1.79. The summed E-state index contributed by atoms with van der Waals surface area (Å²) in [5.74, 6) is -0.101. The lowest BCUT2D eigenvalue weighted by atomic mass is 10.2. The van der Waals surface area contributed by atoms with Gasteiger partial charge in [0.15, 0.2) is 6.61 Å². The highest BCUT2D eigenvalue weighted by atomic mass is 19.1. The molecule has 1 heterocycles. The number of carbonyl (C=O) groups excluding carboxylic acids is 1. The van der Waals surface area contributed by atoms with E-state index in [9.17, 15) is 9.18 Å². The van der Waals surface area contributed by atoms with Crippen LogP contribution in [0.2, 0.25) is 0 Å². The maximum absolute atomic E-state index is 13.4. The standard InChI is InChI=1S/C14H19FN2O3/c1-16-9-11-6-12(15)8-13(7-11)20-10-14(18)17-2-4-19-5-3-17/h6-8,16H,2-5,9-10H2,1H3. The SMILES string of the molecule is CNCc1cc(F)cc(OCC(=O)N2CCOCC2)c1. The molecule has 6 heteroatoms. The van der Waals surface area contributed by atoms with Crippen molar-refractivity contribution < 1.29 is 18.7 Å². The zero-order valence-electron chi connectivity index (χ0n) is 11.5. The minimum atomic E-state index is -0.369. The number of carbonyl (C=O) groups is 1. The van der Waals surface area contributed by atoms with Gasteiger partial charge in [0, 0.05) is 25.7 Å². The molecule has 1 aliphatic heterocycles. The molecule has 5 nitrogen and oxygen atoms in total. The van der Waals surface area contributed by atoms with Crippen LogP contribution >= 0.6 is 0 Å². The monoisotopic (exact) mass is 282 g/mol. The van der Waals surface area contributed by atoms with Crippen molar-refractivity contribution in [1.29, 1.82) is 0 Å². The molecule has 0 spiro atoms. The predicted octanol–water partition coefficient (Wildman–Crippen LogP) is 0.783. The molecule has 2 rings (SSSR count). The average Bonchev–Trinajstić information content (AvgIpc) is 2.45. The Morgan fingerprint density at radius 2 is 2.15 bits per heavy atom. The lowest BCUT2D eigenvalue weighted by molar-refractivity contribution is -0.137. The highest BCUT2D eigenvalue weighted by Gasteiger charge is 2.17. The number of nitrogens with zero attached hydrogens (tertiary/aromatic N) is 1. The van der Waals surface area contributed by atoms with E-state index >= 15 is 0 Å². The van der Waals surface area contributed by atoms with Crippen molar-refractivity contribution in [3.63, 3.8) is 0 Å². The van der Waals surface area contributed by atoms with Crippen molar-refractivity contribution in [3.8, 4) is 5.75 Å². The van der Waals surface area contributed by atoms with Crippen LogP contribution in [0.1, 0.15) is 5.56 Å². The number of amides is 1. The van der Waals surface area contributed by atoms with Crippen LogP contribution in [0.25, 0.3) is 0 Å². The smallest absolute Gasteiger partial charge is 0.260 e. The van der Waals surface area contributed by atoms with Crippen molar-refractivity contribution in [3.05, 3.63) is 29.6 Å². The number of halogens is 1. The molecule has 1 aromatic carbocycles. The fourth-order valence-corrected chi connectivity index (χ4v) is 2.06. The number of benzene rings is 1. The summed E-state index contributed by atoms with van der Waals surface area (Å²) < 4.78 is 24.0. The molecule has 1 fully saturated rings. The third-order valence-electron chi connectivity index (χ3n) is 3.04. The average molecular weight is 282 g/mol. The second-order valence-electron chi connectivity index (χ2n) is 4.61. The van der Waals surface area contributed by atoms with Crippen LogP contribution in [0.15, 0.2) is 18.2 Å². The number of rotatable bonds is 5. The normalized spacial score (nSPS) is 15.2. The highest BCUT2D eigenvalue weighted by molar-refractivity contribution is 5.77. The first kappa shape index (κ1) is 14.7. The summed E-state index contributed by atoms with van der Waals surface area (Å²) in [6.07, 6.45) is 0. The van der Waals surface area contributed by atoms with Gasteiger partial charge in [-0.15, -0.1) is 0 Å². The van der Waals surface area contributed by atoms with E-state index in [0.29, 0.717) is 38.6 Å². The second-order valence-corrected chi connectivity index (χ2v) is 4.61. The quantitative estimate of drug-likeness (QED) is 0.867. The molecule has 20 heavy (non-hydrogen) atoms. The van der Waals surface area contributed by atoms with E-state index in [1.807, 2.05) is 0 Å². The number of nitrogens with one attached hydrogen (secondary N) is 1. The lowest BCUT2D eigenvalue weighted by Gasteiger charge is -2.26. The Bertz CT molecular complexity index is 462. The van der Waals surface area contributed by atoms with Crippen molar-refractivity contribution in [2.45, 2.75) is 6.54 Å². The van der Waals surface area contributed by atoms with Gasteiger partial charge in [-0.1, -0.05) is 0 Å². The summed E-state index contributed by atoms with van der Waals surface area (Å²) in [6, 6.07) is 4.45. The summed E-state index contributed by atoms with van der Waals surface area (Å²) >= 11 is 0. The van der Waals surface area contributed by atoms with Crippen molar-refractivity contribution >= 4 is 5.91 Å². The van der Waals surface area contributed by atoms with Crippen molar-refractivity contribution in [2.75, 3.05) is 40.0 Å². The summed E-state index contributed by atoms with van der Waals surface area (Å²) in [5, 5.41) is 2.94. The summed E-state index contributed by atoms with van der Waals surface area (Å²) in [4.78, 5) is 13.6. The minimum absolute atomic E-state index is 0.0809. The Kier molecular flexibility index (Phi) is 5.31. The first-order valence-electron chi connectivity index (χ1n) is 6.61. The van der Waals surface area contributed by atoms with Gasteiger partial charge in [0.05, 0.1) is 13.2 Å². The Labute approximate surface area is 117 Å². The molecule has 1 aliphatic rings. The molecule has 0 bridgehead atoms. The maximum atomic E-state index is 13.4. The molecule has 1 amide bonds. The molecule has 0 aromatic heterocycles. The number of hydrogen-bond acceptors (Lipinski definition) is 4. The third kappa shape index (κ3) is 4.18. The van der Waals surface area contributed by atoms with Crippen LogP contribution in [0.5, 0.6) is 5.75 Å². The number of morpholine rings is 1. The number of hydrogen-bond donors (Lipinski definition) is 1. The molecule has 0 radical (unpaired) electrons. The van der Waals surface area contributed by atoms with Crippen LogP contribution < -0.4 is 10.1 Å². The van der Waals surface area contributed by atoms with Gasteiger partial charge in [-0.3, -0.25) is 4.79 Å². The molecule has 1 aromatic rings. The molecular formula is C14H19FN2O3. The van der Waals surface area contributed by atoms with E-state index in [1.54, 1.807) is 18.0 Å². The molecular weight excluding hydrogens is 263 g/mol. The van der Waals surface area contributed by atoms with Crippen molar-refractivity contribution in [2.24, 2.45) is 0 Å². The summed E-state index contributed by atoms with van der Waals surface area (Å²) in [5.41, 5.74) is 0.779. The van der Waals surface area contributed by atoms with Gasteiger partial charge in [-0.25, -0.2) is 4.39 Å². The van der Waals surface area contributed by atoms with Gasteiger partial charge >= 0.3 is 0 Å². The van der Waals surface area contributed by atoms with Gasteiger partial charge in [0.2, 0.25) is 0 Å². The van der Waals surface area contributed by atoms with Crippen LogP contribution in [-0.4, -0.2) is 50.8 Å². The Morgan fingerprint density at radius 3 is 2.85 bits per heavy atom. The molecule has 1 saturated heterocycles. The Hall–Kier alpha value is -1.66.